The third-order valence-electron chi connectivity index (χ3n) is 8.57. The zero-order valence-electron chi connectivity index (χ0n) is 23.7. The van der Waals surface area contributed by atoms with E-state index in [1.54, 1.807) is 0 Å². The van der Waals surface area contributed by atoms with Crippen molar-refractivity contribution in [1.82, 2.24) is 0 Å². The van der Waals surface area contributed by atoms with Crippen LogP contribution < -0.4 is 0 Å². The van der Waals surface area contributed by atoms with Gasteiger partial charge in [-0.05, 0) is 88.3 Å². The highest BCUT2D eigenvalue weighted by Gasteiger charge is 2.20. The second kappa shape index (κ2) is 9.65. The maximum atomic E-state index is 2.44. The predicted octanol–water partition coefficient (Wildman–Crippen LogP) is 11.9. The molecule has 0 saturated carbocycles. The highest BCUT2D eigenvalue weighted by atomic mass is 14.2. The van der Waals surface area contributed by atoms with E-state index in [9.17, 15) is 0 Å². The molecular formula is C40H34. The van der Waals surface area contributed by atoms with Gasteiger partial charge in [-0.3, -0.25) is 0 Å². The third-order valence-corrected chi connectivity index (χ3v) is 8.57. The lowest BCUT2D eigenvalue weighted by Crippen LogP contribution is -1.96. The number of hydrogen-bond acceptors (Lipinski definition) is 0. The van der Waals surface area contributed by atoms with Crippen LogP contribution in [0, 0.1) is 0 Å². The molecule has 0 aliphatic carbocycles. The van der Waals surface area contributed by atoms with Crippen LogP contribution in [-0.2, 0) is 0 Å². The lowest BCUT2D eigenvalue weighted by atomic mass is 9.82. The molecule has 40 heavy (non-hydrogen) atoms. The van der Waals surface area contributed by atoms with Gasteiger partial charge in [-0.25, -0.2) is 0 Å². The summed E-state index contributed by atoms with van der Waals surface area (Å²) in [4.78, 5) is 0. The first-order valence-electron chi connectivity index (χ1n) is 14.5. The molecule has 0 aromatic heterocycles. The van der Waals surface area contributed by atoms with Crippen LogP contribution in [-0.4, -0.2) is 0 Å². The molecule has 7 aromatic carbocycles. The normalized spacial score (nSPS) is 11.9. The van der Waals surface area contributed by atoms with Gasteiger partial charge >= 0.3 is 0 Å². The van der Waals surface area contributed by atoms with Gasteiger partial charge in [0.15, 0.2) is 0 Å². The second-order valence-electron chi connectivity index (χ2n) is 11.7. The van der Waals surface area contributed by atoms with Crippen molar-refractivity contribution in [3.63, 3.8) is 0 Å². The highest BCUT2D eigenvalue weighted by Crippen LogP contribution is 2.47. The largest absolute Gasteiger partial charge is 0.0616 e. The van der Waals surface area contributed by atoms with E-state index in [-0.39, 0.29) is 0 Å². The Morgan fingerprint density at radius 3 is 0.975 bits per heavy atom. The van der Waals surface area contributed by atoms with Crippen molar-refractivity contribution in [2.75, 3.05) is 0 Å². The van der Waals surface area contributed by atoms with E-state index in [2.05, 4.69) is 149 Å². The molecule has 0 aliphatic rings. The van der Waals surface area contributed by atoms with E-state index >= 15 is 0 Å². The molecule has 0 nitrogen and oxygen atoms in total. The zero-order valence-corrected chi connectivity index (χ0v) is 23.7. The van der Waals surface area contributed by atoms with E-state index in [4.69, 9.17) is 0 Å². The summed E-state index contributed by atoms with van der Waals surface area (Å²) >= 11 is 0. The molecular weight excluding hydrogens is 480 g/mol. The van der Waals surface area contributed by atoms with Gasteiger partial charge in [0.1, 0.15) is 0 Å². The summed E-state index contributed by atoms with van der Waals surface area (Å²) in [7, 11) is 0. The van der Waals surface area contributed by atoms with E-state index in [0.717, 1.165) is 0 Å². The van der Waals surface area contributed by atoms with Crippen molar-refractivity contribution in [2.45, 2.75) is 39.5 Å². The number of hydrogen-bond donors (Lipinski definition) is 0. The topological polar surface area (TPSA) is 0 Å². The van der Waals surface area contributed by atoms with Crippen molar-refractivity contribution < 1.29 is 0 Å². The van der Waals surface area contributed by atoms with Crippen molar-refractivity contribution in [3.8, 4) is 22.3 Å². The molecule has 7 rings (SSSR count). The van der Waals surface area contributed by atoms with Gasteiger partial charge in [0.05, 0.1) is 0 Å². The van der Waals surface area contributed by atoms with E-state index < -0.39 is 0 Å². The van der Waals surface area contributed by atoms with Gasteiger partial charge < -0.3 is 0 Å². The predicted molar refractivity (Wildman–Crippen MR) is 176 cm³/mol. The van der Waals surface area contributed by atoms with Crippen molar-refractivity contribution in [3.05, 3.63) is 132 Å². The molecule has 0 saturated heterocycles. The summed E-state index contributed by atoms with van der Waals surface area (Å²) in [6.07, 6.45) is 0. The molecule has 0 aliphatic heterocycles. The van der Waals surface area contributed by atoms with Crippen LogP contribution >= 0.6 is 0 Å². The van der Waals surface area contributed by atoms with Crippen LogP contribution in [0.25, 0.3) is 65.3 Å². The Bertz CT molecular complexity index is 1850. The Hall–Kier alpha value is -4.42. The van der Waals surface area contributed by atoms with Gasteiger partial charge in [0.25, 0.3) is 0 Å². The Kier molecular flexibility index (Phi) is 5.93. The fourth-order valence-corrected chi connectivity index (χ4v) is 6.46. The Balaban J connectivity index is 1.69. The molecule has 7 aromatic rings. The van der Waals surface area contributed by atoms with Gasteiger partial charge in [0, 0.05) is 0 Å². The Morgan fingerprint density at radius 1 is 0.350 bits per heavy atom. The van der Waals surface area contributed by atoms with Crippen LogP contribution in [0.3, 0.4) is 0 Å². The molecule has 0 atom stereocenters. The summed E-state index contributed by atoms with van der Waals surface area (Å²) in [5.41, 5.74) is 8.06. The van der Waals surface area contributed by atoms with Crippen LogP contribution in [0.5, 0.6) is 0 Å². The molecule has 0 unspecified atom stereocenters. The third kappa shape index (κ3) is 3.90. The Morgan fingerprint density at radius 2 is 0.650 bits per heavy atom. The number of rotatable bonds is 4. The Labute approximate surface area is 236 Å². The smallest absolute Gasteiger partial charge is 0.00200 e. The molecule has 194 valence electrons. The second-order valence-corrected chi connectivity index (χ2v) is 11.7. The minimum Gasteiger partial charge on any atom is -0.0616 e. The van der Waals surface area contributed by atoms with Crippen molar-refractivity contribution in [1.29, 1.82) is 0 Å². The molecule has 0 radical (unpaired) electrons. The first-order chi connectivity index (χ1) is 19.5. The van der Waals surface area contributed by atoms with Crippen LogP contribution in [0.15, 0.2) is 121 Å². The standard InChI is InChI=1S/C40H34/c1-25(2)29-21-27-13-5-7-15-31(27)37(23-29)39-33-17-9-11-19-35(33)40(36-20-12-10-18-34(36)39)38-24-30(26(3)4)22-28-14-6-8-16-32(28)38/h5-26H,1-4H3. The average Bonchev–Trinajstić information content (AvgIpc) is 2.98. The fourth-order valence-electron chi connectivity index (χ4n) is 6.46. The lowest BCUT2D eigenvalue weighted by Gasteiger charge is -2.21. The molecule has 0 amide bonds. The lowest BCUT2D eigenvalue weighted by molar-refractivity contribution is 0.869. The van der Waals surface area contributed by atoms with Crippen LogP contribution in [0.1, 0.15) is 50.7 Å². The number of benzene rings is 7. The average molecular weight is 515 g/mol. The summed E-state index contributed by atoms with van der Waals surface area (Å²) < 4.78 is 0. The van der Waals surface area contributed by atoms with Gasteiger partial charge in [-0.15, -0.1) is 0 Å². The van der Waals surface area contributed by atoms with E-state index in [1.165, 1.54) is 76.5 Å². The zero-order chi connectivity index (χ0) is 27.4. The summed E-state index contributed by atoms with van der Waals surface area (Å²) in [5.74, 6) is 0.899. The quantitative estimate of drug-likeness (QED) is 0.205. The molecule has 0 bridgehead atoms. The molecule has 0 fully saturated rings. The number of fused-ring (bicyclic) bond motifs is 4. The molecule has 0 N–H and O–H groups in total. The monoisotopic (exact) mass is 514 g/mol. The SMILES string of the molecule is CC(C)c1cc(-c2c3ccccc3c(-c3cc(C(C)C)cc4ccccc34)c3ccccc23)c2ccccc2c1. The first kappa shape index (κ1) is 24.6. The fraction of sp³-hybridized carbons (Fsp3) is 0.150. The summed E-state index contributed by atoms with van der Waals surface area (Å²) in [5, 5.41) is 10.4. The maximum absolute atomic E-state index is 2.44. The van der Waals surface area contributed by atoms with Gasteiger partial charge in [0.2, 0.25) is 0 Å². The van der Waals surface area contributed by atoms with Gasteiger partial charge in [-0.1, -0.05) is 149 Å². The molecule has 0 heterocycles. The maximum Gasteiger partial charge on any atom is -0.00200 e. The van der Waals surface area contributed by atoms with E-state index in [1.807, 2.05) is 0 Å². The minimum atomic E-state index is 0.449. The van der Waals surface area contributed by atoms with Crippen molar-refractivity contribution >= 4 is 43.1 Å². The van der Waals surface area contributed by atoms with Crippen molar-refractivity contribution in [2.24, 2.45) is 0 Å². The summed E-state index contributed by atoms with van der Waals surface area (Å²) in [6, 6.07) is 45.4. The van der Waals surface area contributed by atoms with E-state index in [0.29, 0.717) is 11.8 Å². The summed E-state index contributed by atoms with van der Waals surface area (Å²) in [6.45, 7) is 9.17. The van der Waals surface area contributed by atoms with Crippen LogP contribution in [0.2, 0.25) is 0 Å². The van der Waals surface area contributed by atoms with Gasteiger partial charge in [-0.2, -0.15) is 0 Å². The molecule has 0 heteroatoms. The molecule has 0 spiro atoms. The highest BCUT2D eigenvalue weighted by molar-refractivity contribution is 6.25. The minimum absolute atomic E-state index is 0.449. The first-order valence-corrected chi connectivity index (χ1v) is 14.5. The van der Waals surface area contributed by atoms with Crippen LogP contribution in [0.4, 0.5) is 0 Å².